The van der Waals surface area contributed by atoms with E-state index in [4.69, 9.17) is 81.5 Å². The first kappa shape index (κ1) is 103. The summed E-state index contributed by atoms with van der Waals surface area (Å²) in [6.07, 6.45) is 19.4. The summed E-state index contributed by atoms with van der Waals surface area (Å²) in [4.78, 5) is 133. The molecule has 0 radical (unpaired) electrons. The molecule has 123 heavy (non-hydrogen) atoms. The van der Waals surface area contributed by atoms with Gasteiger partial charge in [0, 0.05) is 89.9 Å². The largest absolute Gasteiger partial charge is 0.481 e. The maximum Gasteiger partial charge on any atom is 0.407 e. The Bertz CT molecular complexity index is 5160. The quantitative estimate of drug-likeness (QED) is 0.0118. The number of aliphatic carboxylic acids is 1. The number of carbonyl (C=O) groups excluding carboxylic acids is 8. The minimum absolute atomic E-state index is 0. The zero-order valence-corrected chi connectivity index (χ0v) is 71.0. The maximum atomic E-state index is 12.6. The van der Waals surface area contributed by atoms with E-state index >= 15 is 0 Å². The Labute approximate surface area is 719 Å². The van der Waals surface area contributed by atoms with Gasteiger partial charge in [0.25, 0.3) is 17.7 Å². The Kier molecular flexibility index (Phi) is 43.1. The molecule has 5 amide bonds. The number of alkyl carbamates (subject to hydrolysis) is 2. The van der Waals surface area contributed by atoms with Crippen molar-refractivity contribution in [1.82, 2.24) is 46.5 Å². The van der Waals surface area contributed by atoms with E-state index in [-0.39, 0.29) is 62.7 Å². The van der Waals surface area contributed by atoms with Gasteiger partial charge in [0.1, 0.15) is 52.3 Å². The van der Waals surface area contributed by atoms with Gasteiger partial charge in [0.05, 0.1) is 58.6 Å². The molecule has 0 unspecified atom stereocenters. The number of hydrogen-bond acceptors (Lipinski definition) is 26. The van der Waals surface area contributed by atoms with Gasteiger partial charge < -0.3 is 96.6 Å². The number of benzene rings is 4. The third-order valence-electron chi connectivity index (χ3n) is 15.3. The van der Waals surface area contributed by atoms with Crippen LogP contribution in [0.1, 0.15) is 154 Å². The molecule has 34 heteroatoms. The second-order valence-corrected chi connectivity index (χ2v) is 28.1. The zero-order valence-electron chi connectivity index (χ0n) is 70.2. The fraction of sp³-hybridized carbons (Fsp3) is 0.303. The summed E-state index contributed by atoms with van der Waals surface area (Å²) in [6.45, 7) is 19.2. The summed E-state index contributed by atoms with van der Waals surface area (Å²) in [5, 5.41) is 30.9. The summed E-state index contributed by atoms with van der Waals surface area (Å²) in [5.74, 6) is 7.23. The number of aromatic nitrogens is 4. The minimum atomic E-state index is -1.09. The fourth-order valence-electron chi connectivity index (χ4n) is 9.91. The lowest BCUT2D eigenvalue weighted by Gasteiger charge is -2.19. The van der Waals surface area contributed by atoms with Crippen LogP contribution in [0.25, 0.3) is 0 Å². The standard InChI is InChI=1S/C25H29N3O6.C20H21N3O4.C19H19N3O4.C19H22N2O5.C6H9NO2.ClH/c1-7-19(14-22(29)32-6)28-23(30)18-9-8-10-20(13-18)33-21-12-17(11-16(2)27-21)15-26-24(31)34-25(3,4)5;1-4-16(11-19(24)26-3)23-20(25)15-6-5-7-17(10-15)27-18-9-14(12-21)8-13(2)22-18;1-3-15(10-18(23)24)22-19(25)14-5-4-6-16(9-14)26-17-8-13(11-20)7-12(2)21-17;1-12-8-13(11-20-18(24)26-19(2,3)4)9-16(21-12)25-15-7-5-6-14(10-15)17(22)23;1-3-5(7)4-6(8)9-2;/h1,8-13,19H,14-15H2,2-6H3,(H,26,31)(H,28,30);1,5-10,16H,11-12,21H2,2-3H3,(H,23,25);1,4-9,15H,10-11,20H2,2H3,(H,22,25)(H,23,24);5-10H,11H2,1-4H3,(H,20,24)(H,22,23);1,5H,4,7H2,2H3;1H/t19-;16-;15-;;5-;/m111.1./s1. The van der Waals surface area contributed by atoms with Crippen LogP contribution in [-0.4, -0.2) is 147 Å². The van der Waals surface area contributed by atoms with Crippen molar-refractivity contribution in [2.45, 2.75) is 156 Å². The van der Waals surface area contributed by atoms with Gasteiger partial charge in [-0.15, -0.1) is 38.1 Å². The van der Waals surface area contributed by atoms with Crippen molar-refractivity contribution < 1.29 is 101 Å². The lowest BCUT2D eigenvalue weighted by Crippen LogP contribution is -2.35. The molecule has 4 atom stereocenters. The van der Waals surface area contributed by atoms with E-state index in [2.05, 4.69) is 84.4 Å². The molecule has 8 rings (SSSR count). The third-order valence-corrected chi connectivity index (χ3v) is 15.3. The number of carbonyl (C=O) groups is 10. The fourth-order valence-corrected chi connectivity index (χ4v) is 9.91. The minimum Gasteiger partial charge on any atom is -0.481 e. The molecule has 0 aliphatic heterocycles. The number of amides is 5. The first-order chi connectivity index (χ1) is 57.7. The topological polar surface area (TPSA) is 484 Å². The van der Waals surface area contributed by atoms with E-state index in [9.17, 15) is 47.9 Å². The Morgan fingerprint density at radius 3 is 0.951 bits per heavy atom. The summed E-state index contributed by atoms with van der Waals surface area (Å²) in [7, 11) is 3.80. The molecular weight excluding hydrogens is 1610 g/mol. The van der Waals surface area contributed by atoms with Crippen molar-refractivity contribution in [3.8, 4) is 95.9 Å². The van der Waals surface area contributed by atoms with Crippen LogP contribution in [0.3, 0.4) is 0 Å². The van der Waals surface area contributed by atoms with Crippen molar-refractivity contribution in [2.75, 3.05) is 21.3 Å². The SMILES string of the molecule is C#C[C@@H](N)CC(=O)OC.C#C[C@H](CC(=O)O)NC(=O)c1cccc(Oc2cc(CN)cc(C)n2)c1.C#C[C@H](CC(=O)OC)NC(=O)c1cccc(Oc2cc(CN)cc(C)n2)c1.C#C[C@H](CC(=O)OC)NC(=O)c1cccc(Oc2cc(CNC(=O)OC(C)(C)C)cc(C)n2)c1.Cc1cc(CNC(=O)OC(C)(C)C)cc(Oc2cccc(C(=O)O)c2)n1.Cl. The van der Waals surface area contributed by atoms with E-state index in [1.807, 2.05) is 38.1 Å². The average molecular weight is 1710 g/mol. The molecule has 0 spiro atoms. The number of carboxylic acid groups (broad SMARTS) is 2. The van der Waals surface area contributed by atoms with Crippen molar-refractivity contribution in [3.05, 3.63) is 213 Å². The monoisotopic (exact) mass is 1710 g/mol. The van der Waals surface area contributed by atoms with E-state index in [0.717, 1.165) is 33.6 Å². The Hall–Kier alpha value is -14.6. The van der Waals surface area contributed by atoms with Crippen LogP contribution in [0.5, 0.6) is 46.5 Å². The summed E-state index contributed by atoms with van der Waals surface area (Å²) in [6, 6.07) is 36.8. The first-order valence-corrected chi connectivity index (χ1v) is 37.2. The smallest absolute Gasteiger partial charge is 0.407 e. The van der Waals surface area contributed by atoms with Crippen molar-refractivity contribution in [2.24, 2.45) is 17.2 Å². The highest BCUT2D eigenvalue weighted by molar-refractivity contribution is 5.97. The van der Waals surface area contributed by atoms with E-state index in [1.165, 1.54) is 45.6 Å². The second-order valence-electron chi connectivity index (χ2n) is 28.1. The van der Waals surface area contributed by atoms with Gasteiger partial charge in [0.15, 0.2) is 0 Å². The molecule has 4 aromatic carbocycles. The molecule has 33 nitrogen and oxygen atoms in total. The maximum absolute atomic E-state index is 12.6. The molecule has 4 heterocycles. The number of hydrogen-bond donors (Lipinski definition) is 10. The molecule has 0 bridgehead atoms. The van der Waals surface area contributed by atoms with E-state index in [1.54, 1.807) is 152 Å². The van der Waals surface area contributed by atoms with Gasteiger partial charge in [-0.05, 0) is 189 Å². The number of aryl methyl sites for hydroxylation is 4. The molecule has 0 aliphatic carbocycles. The summed E-state index contributed by atoms with van der Waals surface area (Å²) < 4.78 is 46.8. The van der Waals surface area contributed by atoms with Gasteiger partial charge >= 0.3 is 42.0 Å². The van der Waals surface area contributed by atoms with Crippen LogP contribution < -0.4 is 62.7 Å². The molecular formula is C89H101ClN12O21. The molecule has 4 aromatic heterocycles. The number of methoxy groups -OCH3 is 3. The van der Waals surface area contributed by atoms with E-state index < -0.39 is 89.2 Å². The Balaban J connectivity index is 0.000000410. The van der Waals surface area contributed by atoms with Gasteiger partial charge in [-0.1, -0.05) is 47.9 Å². The highest BCUT2D eigenvalue weighted by Gasteiger charge is 2.23. The molecule has 0 saturated carbocycles. The number of ether oxygens (including phenoxy) is 9. The van der Waals surface area contributed by atoms with Gasteiger partial charge in [0.2, 0.25) is 23.5 Å². The number of nitrogens with two attached hydrogens (primary N) is 3. The molecule has 13 N–H and O–H groups in total. The number of rotatable bonds is 29. The zero-order chi connectivity index (χ0) is 90.8. The number of esters is 3. The lowest BCUT2D eigenvalue weighted by molar-refractivity contribution is -0.141. The van der Waals surface area contributed by atoms with Crippen molar-refractivity contribution in [3.63, 3.8) is 0 Å². The Morgan fingerprint density at radius 2 is 0.683 bits per heavy atom. The van der Waals surface area contributed by atoms with Gasteiger partial charge in [-0.25, -0.2) is 34.3 Å². The van der Waals surface area contributed by atoms with Gasteiger partial charge in [-0.2, -0.15) is 0 Å². The van der Waals surface area contributed by atoms with Crippen LogP contribution in [-0.2, 0) is 69.0 Å². The van der Waals surface area contributed by atoms with Crippen LogP contribution in [0.4, 0.5) is 9.59 Å². The number of carboxylic acids is 2. The highest BCUT2D eigenvalue weighted by Crippen LogP contribution is 2.28. The van der Waals surface area contributed by atoms with Crippen LogP contribution in [0.15, 0.2) is 146 Å². The normalized spacial score (nSPS) is 11.2. The number of terminal acetylenes is 4. The predicted octanol–water partition coefficient (Wildman–Crippen LogP) is 11.1. The molecule has 0 saturated heterocycles. The predicted molar refractivity (Wildman–Crippen MR) is 457 cm³/mol. The van der Waals surface area contributed by atoms with Crippen molar-refractivity contribution >= 4 is 72.2 Å². The number of halogens is 1. The summed E-state index contributed by atoms with van der Waals surface area (Å²) in [5.41, 5.74) is 22.7. The number of nitrogens with zero attached hydrogens (tertiary/aromatic N) is 4. The van der Waals surface area contributed by atoms with Crippen LogP contribution in [0.2, 0.25) is 0 Å². The second kappa shape index (κ2) is 51.7. The summed E-state index contributed by atoms with van der Waals surface area (Å²) >= 11 is 0. The molecule has 8 aromatic rings. The van der Waals surface area contributed by atoms with Crippen LogP contribution in [0, 0.1) is 77.1 Å². The molecule has 0 fully saturated rings. The Morgan fingerprint density at radius 1 is 0.407 bits per heavy atom. The number of aromatic carboxylic acids is 1. The third kappa shape index (κ3) is 40.6. The van der Waals surface area contributed by atoms with E-state index in [0.29, 0.717) is 87.7 Å². The highest BCUT2D eigenvalue weighted by atomic mass is 35.5. The van der Waals surface area contributed by atoms with Crippen molar-refractivity contribution in [1.29, 1.82) is 0 Å². The average Bonchev–Trinajstić information content (AvgIpc) is 0.856. The van der Waals surface area contributed by atoms with Gasteiger partial charge in [-0.3, -0.25) is 33.6 Å². The van der Waals surface area contributed by atoms with Crippen LogP contribution >= 0.6 is 12.4 Å². The first-order valence-electron chi connectivity index (χ1n) is 37.2. The molecule has 650 valence electrons. The molecule has 0 aliphatic rings. The lowest BCUT2D eigenvalue weighted by atomic mass is 10.1. The number of pyridine rings is 4. The number of nitrogens with one attached hydrogen (secondary N) is 5.